The third-order valence-electron chi connectivity index (χ3n) is 6.11. The van der Waals surface area contributed by atoms with Crippen LogP contribution in [0.5, 0.6) is 5.75 Å². The van der Waals surface area contributed by atoms with Gasteiger partial charge in [0.25, 0.3) is 0 Å². The number of alkyl halides is 3. The third-order valence-corrected chi connectivity index (χ3v) is 8.00. The van der Waals surface area contributed by atoms with Gasteiger partial charge in [0.15, 0.2) is 0 Å². The summed E-state index contributed by atoms with van der Waals surface area (Å²) in [5.74, 6) is -0.987. The van der Waals surface area contributed by atoms with Gasteiger partial charge in [0.1, 0.15) is 5.75 Å². The molecule has 0 saturated carbocycles. The van der Waals surface area contributed by atoms with E-state index in [-0.39, 0.29) is 41.7 Å². The number of aromatic amines is 1. The largest absolute Gasteiger partial charge is 0.573 e. The molecule has 4 rings (SSSR count). The number of carbonyl (C=O) groups is 1. The van der Waals surface area contributed by atoms with Crippen LogP contribution in [0.1, 0.15) is 25.3 Å². The molecule has 8 nitrogen and oxygen atoms in total. The highest BCUT2D eigenvalue weighted by Gasteiger charge is 2.35. The van der Waals surface area contributed by atoms with Gasteiger partial charge in [0, 0.05) is 43.0 Å². The summed E-state index contributed by atoms with van der Waals surface area (Å²) < 4.78 is 69.9. The molecule has 0 spiro atoms. The van der Waals surface area contributed by atoms with Gasteiger partial charge in [-0.1, -0.05) is 18.2 Å². The zero-order valence-corrected chi connectivity index (χ0v) is 19.8. The standard InChI is InChI=1S/C23H25F3N4O4S/c1-2-29(15-18-5-3-4-6-21(18)34-23(24,25)26)22(31)16-9-11-30(12-10-16)35(32,33)19-8-7-17-14-27-28-20(17)13-19/h3-8,13-14,16H,2,9-12,15H2,1H3,(H,27,28). The molecular formula is C23H25F3N4O4S. The van der Waals surface area contributed by atoms with Crippen LogP contribution in [-0.2, 0) is 21.4 Å². The van der Waals surface area contributed by atoms with Crippen molar-refractivity contribution in [2.45, 2.75) is 37.6 Å². The molecule has 35 heavy (non-hydrogen) atoms. The lowest BCUT2D eigenvalue weighted by Gasteiger charge is -2.33. The van der Waals surface area contributed by atoms with E-state index in [4.69, 9.17) is 0 Å². The van der Waals surface area contributed by atoms with Crippen LogP contribution in [0.15, 0.2) is 53.6 Å². The van der Waals surface area contributed by atoms with E-state index in [0.717, 1.165) is 5.39 Å². The highest BCUT2D eigenvalue weighted by molar-refractivity contribution is 7.89. The zero-order chi connectivity index (χ0) is 25.2. The van der Waals surface area contributed by atoms with E-state index in [1.54, 1.807) is 25.3 Å². The molecule has 0 bridgehead atoms. The van der Waals surface area contributed by atoms with Crippen molar-refractivity contribution in [1.82, 2.24) is 19.4 Å². The number of rotatable bonds is 7. The number of ether oxygens (including phenoxy) is 1. The molecule has 1 saturated heterocycles. The Kier molecular flexibility index (Phi) is 7.04. The van der Waals surface area contributed by atoms with Crippen molar-refractivity contribution in [3.05, 3.63) is 54.2 Å². The summed E-state index contributed by atoms with van der Waals surface area (Å²) in [6.45, 7) is 2.35. The maximum atomic E-state index is 13.2. The van der Waals surface area contributed by atoms with Gasteiger partial charge in [-0.15, -0.1) is 13.2 Å². The lowest BCUT2D eigenvalue weighted by Crippen LogP contribution is -2.44. The number of para-hydroxylation sites is 1. The van der Waals surface area contributed by atoms with E-state index in [9.17, 15) is 26.4 Å². The van der Waals surface area contributed by atoms with E-state index in [1.807, 2.05) is 0 Å². The van der Waals surface area contributed by atoms with Crippen LogP contribution in [0.3, 0.4) is 0 Å². The molecule has 1 aliphatic heterocycles. The number of carbonyl (C=O) groups excluding carboxylic acids is 1. The molecular weight excluding hydrogens is 485 g/mol. The Balaban J connectivity index is 1.42. The summed E-state index contributed by atoms with van der Waals surface area (Å²) in [4.78, 5) is 14.8. The maximum Gasteiger partial charge on any atom is 0.573 e. The topological polar surface area (TPSA) is 95.6 Å². The van der Waals surface area contributed by atoms with Gasteiger partial charge in [-0.25, -0.2) is 8.42 Å². The van der Waals surface area contributed by atoms with Gasteiger partial charge in [0.2, 0.25) is 15.9 Å². The minimum Gasteiger partial charge on any atom is -0.405 e. The molecule has 2 aromatic carbocycles. The second-order valence-electron chi connectivity index (χ2n) is 8.31. The number of nitrogens with zero attached hydrogens (tertiary/aromatic N) is 3. The van der Waals surface area contributed by atoms with Crippen LogP contribution in [-0.4, -0.2) is 59.7 Å². The fraction of sp³-hybridized carbons (Fsp3) is 0.391. The Labute approximate surface area is 200 Å². The van der Waals surface area contributed by atoms with E-state index < -0.39 is 22.3 Å². The summed E-state index contributed by atoms with van der Waals surface area (Å²) in [6, 6.07) is 10.5. The Bertz CT molecular complexity index is 1300. The van der Waals surface area contributed by atoms with Crippen molar-refractivity contribution in [2.75, 3.05) is 19.6 Å². The first-order chi connectivity index (χ1) is 16.6. The molecule has 12 heteroatoms. The lowest BCUT2D eigenvalue weighted by atomic mass is 9.96. The number of nitrogens with one attached hydrogen (secondary N) is 1. The van der Waals surface area contributed by atoms with Crippen LogP contribution in [0.25, 0.3) is 10.9 Å². The molecule has 188 valence electrons. The first kappa shape index (κ1) is 25.0. The average molecular weight is 511 g/mol. The normalized spacial score (nSPS) is 15.9. The van der Waals surface area contributed by atoms with Gasteiger partial charge < -0.3 is 9.64 Å². The molecule has 0 unspecified atom stereocenters. The van der Waals surface area contributed by atoms with Crippen molar-refractivity contribution >= 4 is 26.8 Å². The molecule has 1 fully saturated rings. The fourth-order valence-corrected chi connectivity index (χ4v) is 5.73. The summed E-state index contributed by atoms with van der Waals surface area (Å²) >= 11 is 0. The number of fused-ring (bicyclic) bond motifs is 1. The predicted molar refractivity (Wildman–Crippen MR) is 122 cm³/mol. The molecule has 1 aliphatic rings. The van der Waals surface area contributed by atoms with Gasteiger partial charge in [-0.2, -0.15) is 9.40 Å². The quantitative estimate of drug-likeness (QED) is 0.520. The number of hydrogen-bond donors (Lipinski definition) is 1. The van der Waals surface area contributed by atoms with E-state index in [1.165, 1.54) is 39.5 Å². The van der Waals surface area contributed by atoms with Crippen LogP contribution in [0, 0.1) is 5.92 Å². The van der Waals surface area contributed by atoms with Crippen LogP contribution < -0.4 is 4.74 Å². The first-order valence-electron chi connectivity index (χ1n) is 11.1. The summed E-state index contributed by atoms with van der Waals surface area (Å²) in [5, 5.41) is 7.46. The number of sulfonamides is 1. The second-order valence-corrected chi connectivity index (χ2v) is 10.2. The van der Waals surface area contributed by atoms with Crippen LogP contribution >= 0.6 is 0 Å². The van der Waals surface area contributed by atoms with Gasteiger partial charge >= 0.3 is 6.36 Å². The summed E-state index contributed by atoms with van der Waals surface area (Å²) in [6.07, 6.45) is -2.59. The Morgan fingerprint density at radius 1 is 1.20 bits per heavy atom. The minimum atomic E-state index is -4.84. The molecule has 0 radical (unpaired) electrons. The summed E-state index contributed by atoms with van der Waals surface area (Å²) in [5.41, 5.74) is 0.860. The SMILES string of the molecule is CCN(Cc1ccccc1OC(F)(F)F)C(=O)C1CCN(S(=O)(=O)c2ccc3cn[nH]c3c2)CC1. The summed E-state index contributed by atoms with van der Waals surface area (Å²) in [7, 11) is -3.74. The van der Waals surface area contributed by atoms with Crippen molar-refractivity contribution < 1.29 is 31.1 Å². The number of H-pyrrole nitrogens is 1. The molecule has 1 N–H and O–H groups in total. The molecule has 1 aromatic heterocycles. The number of halogens is 3. The van der Waals surface area contributed by atoms with E-state index in [0.29, 0.717) is 24.9 Å². The average Bonchev–Trinajstić information content (AvgIpc) is 3.30. The number of amides is 1. The number of benzene rings is 2. The van der Waals surface area contributed by atoms with E-state index in [2.05, 4.69) is 14.9 Å². The predicted octanol–water partition coefficient (Wildman–Crippen LogP) is 3.91. The lowest BCUT2D eigenvalue weighted by molar-refractivity contribution is -0.275. The van der Waals surface area contributed by atoms with Gasteiger partial charge in [-0.3, -0.25) is 9.89 Å². The van der Waals surface area contributed by atoms with E-state index >= 15 is 0 Å². The minimum absolute atomic E-state index is 0.0374. The Morgan fingerprint density at radius 2 is 1.91 bits per heavy atom. The third kappa shape index (κ3) is 5.59. The Morgan fingerprint density at radius 3 is 2.60 bits per heavy atom. The second kappa shape index (κ2) is 9.86. The van der Waals surface area contributed by atoms with Gasteiger partial charge in [-0.05, 0) is 44.0 Å². The van der Waals surface area contributed by atoms with Gasteiger partial charge in [0.05, 0.1) is 16.6 Å². The zero-order valence-electron chi connectivity index (χ0n) is 19.0. The first-order valence-corrected chi connectivity index (χ1v) is 12.6. The highest BCUT2D eigenvalue weighted by Crippen LogP contribution is 2.30. The molecule has 0 aliphatic carbocycles. The van der Waals surface area contributed by atoms with Crippen molar-refractivity contribution in [1.29, 1.82) is 0 Å². The van der Waals surface area contributed by atoms with Crippen LogP contribution in [0.2, 0.25) is 0 Å². The molecule has 2 heterocycles. The monoisotopic (exact) mass is 510 g/mol. The van der Waals surface area contributed by atoms with Crippen molar-refractivity contribution in [3.8, 4) is 5.75 Å². The highest BCUT2D eigenvalue weighted by atomic mass is 32.2. The van der Waals surface area contributed by atoms with Crippen LogP contribution in [0.4, 0.5) is 13.2 Å². The van der Waals surface area contributed by atoms with Crippen molar-refractivity contribution in [2.24, 2.45) is 5.92 Å². The smallest absolute Gasteiger partial charge is 0.405 e. The molecule has 3 aromatic rings. The number of piperidine rings is 1. The van der Waals surface area contributed by atoms with Crippen molar-refractivity contribution in [3.63, 3.8) is 0 Å². The maximum absolute atomic E-state index is 13.2. The molecule has 0 atom stereocenters. The fourth-order valence-electron chi connectivity index (χ4n) is 4.24. The number of aromatic nitrogens is 2. The number of hydrogen-bond acceptors (Lipinski definition) is 5. The molecule has 1 amide bonds. The Hall–Kier alpha value is -3.12.